The maximum atomic E-state index is 12.1. The summed E-state index contributed by atoms with van der Waals surface area (Å²) in [5, 5.41) is 5.26. The highest BCUT2D eigenvalue weighted by Gasteiger charge is 2.08. The Morgan fingerprint density at radius 3 is 2.20 bits per heavy atom. The molecule has 0 heterocycles. The van der Waals surface area contributed by atoms with Gasteiger partial charge >= 0.3 is 6.03 Å². The van der Waals surface area contributed by atoms with E-state index in [0.29, 0.717) is 11.3 Å². The van der Waals surface area contributed by atoms with Crippen molar-refractivity contribution in [2.24, 2.45) is 5.73 Å². The second kappa shape index (κ2) is 6.38. The Kier molecular flexibility index (Phi) is 4.57. The molecule has 0 aromatic heterocycles. The van der Waals surface area contributed by atoms with Crippen LogP contribution in [0.3, 0.4) is 0 Å². The quantitative estimate of drug-likeness (QED) is 0.715. The summed E-state index contributed by atoms with van der Waals surface area (Å²) in [4.78, 5) is 22.8. The van der Waals surface area contributed by atoms with Crippen LogP contribution in [0.4, 0.5) is 16.2 Å². The van der Waals surface area contributed by atoms with Crippen LogP contribution in [0.1, 0.15) is 10.4 Å². The van der Waals surface area contributed by atoms with Crippen LogP contribution < -0.4 is 16.4 Å². The van der Waals surface area contributed by atoms with Gasteiger partial charge in [0.1, 0.15) is 0 Å². The van der Waals surface area contributed by atoms with Gasteiger partial charge in [-0.2, -0.15) is 0 Å². The number of anilines is 2. The van der Waals surface area contributed by atoms with Gasteiger partial charge in [0.05, 0.1) is 5.69 Å². The molecule has 0 atom stereocenters. The molecule has 5 nitrogen and oxygen atoms in total. The molecule has 0 aliphatic heterocycles. The molecule has 0 saturated carbocycles. The topological polar surface area (TPSA) is 84.2 Å². The molecule has 2 aromatic carbocycles. The van der Waals surface area contributed by atoms with Crippen molar-refractivity contribution in [1.29, 1.82) is 0 Å². The van der Waals surface area contributed by atoms with Crippen molar-refractivity contribution in [2.75, 3.05) is 10.6 Å². The predicted molar refractivity (Wildman–Crippen MR) is 86.8 cm³/mol. The number of nitrogens with two attached hydrogens (primary N) is 1. The van der Waals surface area contributed by atoms with Gasteiger partial charge in [-0.1, -0.05) is 12.1 Å². The van der Waals surface area contributed by atoms with Crippen LogP contribution in [-0.4, -0.2) is 11.9 Å². The lowest BCUT2D eigenvalue weighted by molar-refractivity contribution is 0.102. The average molecular weight is 381 g/mol. The van der Waals surface area contributed by atoms with E-state index in [1.54, 1.807) is 24.3 Å². The number of para-hydroxylation sites is 1. The first-order chi connectivity index (χ1) is 9.56. The molecule has 2 rings (SSSR count). The van der Waals surface area contributed by atoms with Crippen molar-refractivity contribution >= 4 is 45.9 Å². The van der Waals surface area contributed by atoms with E-state index in [2.05, 4.69) is 33.2 Å². The summed E-state index contributed by atoms with van der Waals surface area (Å²) in [6, 6.07) is 13.4. The van der Waals surface area contributed by atoms with Gasteiger partial charge in [0.25, 0.3) is 5.91 Å². The van der Waals surface area contributed by atoms with Crippen molar-refractivity contribution in [3.05, 3.63) is 57.7 Å². The SMILES string of the molecule is NC(=O)Nc1ccc(C(=O)Nc2ccccc2I)cc1. The number of urea groups is 1. The van der Waals surface area contributed by atoms with E-state index in [-0.39, 0.29) is 5.91 Å². The molecule has 0 radical (unpaired) electrons. The van der Waals surface area contributed by atoms with Crippen LogP contribution in [0.15, 0.2) is 48.5 Å². The van der Waals surface area contributed by atoms with Crippen LogP contribution >= 0.6 is 22.6 Å². The summed E-state index contributed by atoms with van der Waals surface area (Å²) in [6.07, 6.45) is 0. The Bertz CT molecular complexity index is 641. The Hall–Kier alpha value is -2.09. The minimum absolute atomic E-state index is 0.209. The number of benzene rings is 2. The maximum Gasteiger partial charge on any atom is 0.316 e. The van der Waals surface area contributed by atoms with E-state index < -0.39 is 6.03 Å². The van der Waals surface area contributed by atoms with Crippen LogP contribution in [0.2, 0.25) is 0 Å². The second-order valence-electron chi connectivity index (χ2n) is 4.00. The minimum Gasteiger partial charge on any atom is -0.351 e. The normalized spacial score (nSPS) is 9.85. The zero-order chi connectivity index (χ0) is 14.5. The van der Waals surface area contributed by atoms with Gasteiger partial charge in [-0.15, -0.1) is 0 Å². The fourth-order valence-electron chi connectivity index (χ4n) is 1.60. The van der Waals surface area contributed by atoms with Gasteiger partial charge in [-0.25, -0.2) is 4.79 Å². The second-order valence-corrected chi connectivity index (χ2v) is 5.16. The van der Waals surface area contributed by atoms with Gasteiger partial charge in [0, 0.05) is 14.8 Å². The lowest BCUT2D eigenvalue weighted by atomic mass is 10.2. The number of carbonyl (C=O) groups excluding carboxylic acids is 2. The first kappa shape index (κ1) is 14.3. The van der Waals surface area contributed by atoms with E-state index in [1.165, 1.54) is 0 Å². The molecule has 0 aliphatic carbocycles. The lowest BCUT2D eigenvalue weighted by Crippen LogP contribution is -2.19. The Morgan fingerprint density at radius 1 is 0.950 bits per heavy atom. The van der Waals surface area contributed by atoms with Crippen molar-refractivity contribution in [1.82, 2.24) is 0 Å². The highest BCUT2D eigenvalue weighted by atomic mass is 127. The third-order valence-electron chi connectivity index (χ3n) is 2.54. The number of rotatable bonds is 3. The molecule has 0 spiro atoms. The van der Waals surface area contributed by atoms with Gasteiger partial charge in [-0.05, 0) is 59.0 Å². The molecule has 102 valence electrons. The summed E-state index contributed by atoms with van der Waals surface area (Å²) in [6.45, 7) is 0. The highest BCUT2D eigenvalue weighted by molar-refractivity contribution is 14.1. The first-order valence-electron chi connectivity index (χ1n) is 5.78. The molecule has 4 N–H and O–H groups in total. The standard InChI is InChI=1S/C14H12IN3O2/c15-11-3-1-2-4-12(11)18-13(19)9-5-7-10(8-6-9)17-14(16)20/h1-8H,(H,18,19)(H3,16,17,20). The highest BCUT2D eigenvalue weighted by Crippen LogP contribution is 2.18. The van der Waals surface area contributed by atoms with E-state index >= 15 is 0 Å². The van der Waals surface area contributed by atoms with Gasteiger partial charge in [0.15, 0.2) is 0 Å². The summed E-state index contributed by atoms with van der Waals surface area (Å²) in [7, 11) is 0. The molecular weight excluding hydrogens is 369 g/mol. The predicted octanol–water partition coefficient (Wildman–Crippen LogP) is 3.03. The first-order valence-corrected chi connectivity index (χ1v) is 6.86. The largest absolute Gasteiger partial charge is 0.351 e. The number of amides is 3. The van der Waals surface area contributed by atoms with E-state index in [4.69, 9.17) is 5.73 Å². The molecule has 0 bridgehead atoms. The smallest absolute Gasteiger partial charge is 0.316 e. The molecule has 2 aromatic rings. The molecule has 6 heteroatoms. The molecule has 0 aliphatic rings. The number of hydrogen-bond acceptors (Lipinski definition) is 2. The monoisotopic (exact) mass is 381 g/mol. The Labute approximate surface area is 129 Å². The van der Waals surface area contributed by atoms with Crippen LogP contribution in [0, 0.1) is 3.57 Å². The average Bonchev–Trinajstić information content (AvgIpc) is 2.41. The Balaban J connectivity index is 2.10. The van der Waals surface area contributed by atoms with Crippen LogP contribution in [0.5, 0.6) is 0 Å². The van der Waals surface area contributed by atoms with Crippen molar-refractivity contribution in [3.8, 4) is 0 Å². The van der Waals surface area contributed by atoms with E-state index in [1.807, 2.05) is 24.3 Å². The molecular formula is C14H12IN3O2. The Morgan fingerprint density at radius 2 is 1.60 bits per heavy atom. The van der Waals surface area contributed by atoms with Gasteiger partial charge in [0.2, 0.25) is 0 Å². The zero-order valence-corrected chi connectivity index (χ0v) is 12.5. The summed E-state index contributed by atoms with van der Waals surface area (Å²) < 4.78 is 0.963. The fraction of sp³-hybridized carbons (Fsp3) is 0. The van der Waals surface area contributed by atoms with Crippen molar-refractivity contribution < 1.29 is 9.59 Å². The fourth-order valence-corrected chi connectivity index (χ4v) is 2.13. The third-order valence-corrected chi connectivity index (χ3v) is 3.48. The van der Waals surface area contributed by atoms with Gasteiger partial charge < -0.3 is 16.4 Å². The van der Waals surface area contributed by atoms with E-state index in [0.717, 1.165) is 9.26 Å². The summed E-state index contributed by atoms with van der Waals surface area (Å²) in [5.41, 5.74) is 6.82. The van der Waals surface area contributed by atoms with Gasteiger partial charge in [-0.3, -0.25) is 4.79 Å². The minimum atomic E-state index is -0.638. The van der Waals surface area contributed by atoms with Crippen LogP contribution in [-0.2, 0) is 0 Å². The molecule has 20 heavy (non-hydrogen) atoms. The number of nitrogens with one attached hydrogen (secondary N) is 2. The number of primary amides is 1. The number of halogens is 1. The van der Waals surface area contributed by atoms with Crippen molar-refractivity contribution in [3.63, 3.8) is 0 Å². The zero-order valence-electron chi connectivity index (χ0n) is 10.4. The number of carbonyl (C=O) groups is 2. The molecule has 3 amide bonds. The lowest BCUT2D eigenvalue weighted by Gasteiger charge is -2.08. The maximum absolute atomic E-state index is 12.1. The van der Waals surface area contributed by atoms with Crippen molar-refractivity contribution in [2.45, 2.75) is 0 Å². The van der Waals surface area contributed by atoms with Crippen LogP contribution in [0.25, 0.3) is 0 Å². The summed E-state index contributed by atoms with van der Waals surface area (Å²) in [5.74, 6) is -0.209. The summed E-state index contributed by atoms with van der Waals surface area (Å²) >= 11 is 2.16. The third kappa shape index (κ3) is 3.70. The molecule has 0 unspecified atom stereocenters. The molecule has 0 fully saturated rings. The molecule has 0 saturated heterocycles. The number of hydrogen-bond donors (Lipinski definition) is 3. The van der Waals surface area contributed by atoms with E-state index in [9.17, 15) is 9.59 Å².